The van der Waals surface area contributed by atoms with Crippen molar-refractivity contribution >= 4 is 22.8 Å². The van der Waals surface area contributed by atoms with Crippen LogP contribution >= 0.6 is 0 Å². The minimum atomic E-state index is -0.543. The number of benzene rings is 1. The number of hydrogen-bond donors (Lipinski definition) is 1. The molecule has 26 heavy (non-hydrogen) atoms. The summed E-state index contributed by atoms with van der Waals surface area (Å²) in [7, 11) is 0. The van der Waals surface area contributed by atoms with Crippen LogP contribution in [0.3, 0.4) is 0 Å². The first-order valence-corrected chi connectivity index (χ1v) is 8.92. The molecule has 1 aromatic heterocycles. The van der Waals surface area contributed by atoms with Gasteiger partial charge in [-0.05, 0) is 43.4 Å². The fourth-order valence-corrected chi connectivity index (χ4v) is 4.20. The van der Waals surface area contributed by atoms with Gasteiger partial charge in [0.1, 0.15) is 11.4 Å². The molecule has 7 heteroatoms. The van der Waals surface area contributed by atoms with Crippen molar-refractivity contribution in [2.45, 2.75) is 25.4 Å². The highest BCUT2D eigenvalue weighted by atomic mass is 19.1. The summed E-state index contributed by atoms with van der Waals surface area (Å²) in [5, 5.41) is 0.491. The number of nitrogens with zero attached hydrogens (tertiary/aromatic N) is 1. The maximum atomic E-state index is 14.3. The molecule has 3 heterocycles. The van der Waals surface area contributed by atoms with Crippen molar-refractivity contribution in [1.82, 2.24) is 4.90 Å². The topological polar surface area (TPSA) is 85.8 Å². The lowest BCUT2D eigenvalue weighted by Crippen LogP contribution is -2.44. The molecular formula is C19H21FN2O4. The summed E-state index contributed by atoms with van der Waals surface area (Å²) in [6, 6.07) is 4.40. The number of likely N-dealkylation sites (tertiary alicyclic amines) is 1. The SMILES string of the molecule is NC(=O)[C@@H]1CCO[C@H]1C1CCN(C(=O)c2c(F)ccc3occc23)CC1. The minimum absolute atomic E-state index is 0.0572. The largest absolute Gasteiger partial charge is 0.464 e. The zero-order valence-electron chi connectivity index (χ0n) is 14.3. The summed E-state index contributed by atoms with van der Waals surface area (Å²) in [4.78, 5) is 26.1. The van der Waals surface area contributed by atoms with Gasteiger partial charge in [0.15, 0.2) is 0 Å². The van der Waals surface area contributed by atoms with Gasteiger partial charge in [0, 0.05) is 25.1 Å². The van der Waals surface area contributed by atoms with Gasteiger partial charge in [-0.2, -0.15) is 0 Å². The third-order valence-corrected chi connectivity index (χ3v) is 5.59. The average Bonchev–Trinajstić information content (AvgIpc) is 3.30. The highest BCUT2D eigenvalue weighted by Gasteiger charge is 2.40. The van der Waals surface area contributed by atoms with Crippen LogP contribution in [0.25, 0.3) is 11.0 Å². The summed E-state index contributed by atoms with van der Waals surface area (Å²) >= 11 is 0. The second kappa shape index (κ2) is 6.72. The number of carbonyl (C=O) groups is 2. The Morgan fingerprint density at radius 2 is 1.92 bits per heavy atom. The van der Waals surface area contributed by atoms with E-state index in [-0.39, 0.29) is 35.3 Å². The molecular weight excluding hydrogens is 339 g/mol. The fourth-order valence-electron chi connectivity index (χ4n) is 4.20. The van der Waals surface area contributed by atoms with Crippen molar-refractivity contribution in [1.29, 1.82) is 0 Å². The van der Waals surface area contributed by atoms with Gasteiger partial charge in [-0.15, -0.1) is 0 Å². The summed E-state index contributed by atoms with van der Waals surface area (Å²) in [6.45, 7) is 1.55. The van der Waals surface area contributed by atoms with Crippen LogP contribution < -0.4 is 5.73 Å². The lowest BCUT2D eigenvalue weighted by atomic mass is 9.84. The van der Waals surface area contributed by atoms with E-state index in [1.807, 2.05) is 0 Å². The Hall–Kier alpha value is -2.41. The summed E-state index contributed by atoms with van der Waals surface area (Å²) in [6.07, 6.45) is 3.37. The summed E-state index contributed by atoms with van der Waals surface area (Å²) < 4.78 is 25.3. The number of amides is 2. The summed E-state index contributed by atoms with van der Waals surface area (Å²) in [5.74, 6) is -1.25. The number of rotatable bonds is 3. The van der Waals surface area contributed by atoms with Gasteiger partial charge in [-0.3, -0.25) is 9.59 Å². The molecule has 0 saturated carbocycles. The number of piperidine rings is 1. The number of hydrogen-bond acceptors (Lipinski definition) is 4. The van der Waals surface area contributed by atoms with Crippen LogP contribution in [0.5, 0.6) is 0 Å². The van der Waals surface area contributed by atoms with Crippen molar-refractivity contribution in [2.24, 2.45) is 17.6 Å². The van der Waals surface area contributed by atoms with E-state index in [2.05, 4.69) is 0 Å². The van der Waals surface area contributed by atoms with Crippen LogP contribution in [-0.2, 0) is 9.53 Å². The van der Waals surface area contributed by atoms with Gasteiger partial charge in [-0.1, -0.05) is 0 Å². The van der Waals surface area contributed by atoms with E-state index in [0.29, 0.717) is 49.9 Å². The van der Waals surface area contributed by atoms with Crippen LogP contribution in [0.15, 0.2) is 28.9 Å². The molecule has 0 unspecified atom stereocenters. The van der Waals surface area contributed by atoms with E-state index in [1.165, 1.54) is 18.4 Å². The fraction of sp³-hybridized carbons (Fsp3) is 0.474. The normalized spacial score (nSPS) is 24.3. The van der Waals surface area contributed by atoms with E-state index in [9.17, 15) is 14.0 Å². The lowest BCUT2D eigenvalue weighted by Gasteiger charge is -2.35. The molecule has 6 nitrogen and oxygen atoms in total. The minimum Gasteiger partial charge on any atom is -0.464 e. The molecule has 2 fully saturated rings. The number of halogens is 1. The van der Waals surface area contributed by atoms with Gasteiger partial charge < -0.3 is 19.8 Å². The first-order chi connectivity index (χ1) is 12.6. The molecule has 2 aromatic rings. The quantitative estimate of drug-likeness (QED) is 0.910. The van der Waals surface area contributed by atoms with Gasteiger partial charge in [0.25, 0.3) is 5.91 Å². The number of nitrogens with two attached hydrogens (primary N) is 1. The third-order valence-electron chi connectivity index (χ3n) is 5.59. The van der Waals surface area contributed by atoms with E-state index in [4.69, 9.17) is 14.9 Å². The van der Waals surface area contributed by atoms with Crippen LogP contribution in [0, 0.1) is 17.7 Å². The standard InChI is InChI=1S/C19H21FN2O4/c20-14-1-2-15-12(5-9-25-15)16(14)19(24)22-7-3-11(4-8-22)17-13(18(21)23)6-10-26-17/h1-2,5,9,11,13,17H,3-4,6-8,10H2,(H2,21,23)/t13-,17+/m1/s1. The highest BCUT2D eigenvalue weighted by Crippen LogP contribution is 2.34. The van der Waals surface area contributed by atoms with E-state index >= 15 is 0 Å². The predicted octanol–water partition coefficient (Wildman–Crippen LogP) is 2.31. The Kier molecular flexibility index (Phi) is 4.40. The number of primary amides is 1. The molecule has 1 aromatic carbocycles. The van der Waals surface area contributed by atoms with Gasteiger partial charge in [0.2, 0.25) is 5.91 Å². The molecule has 0 aliphatic carbocycles. The molecule has 0 bridgehead atoms. The Bertz CT molecular complexity index is 841. The number of carbonyl (C=O) groups excluding carboxylic acids is 2. The van der Waals surface area contributed by atoms with Gasteiger partial charge in [-0.25, -0.2) is 4.39 Å². The highest BCUT2D eigenvalue weighted by molar-refractivity contribution is 6.06. The van der Waals surface area contributed by atoms with Gasteiger partial charge in [0.05, 0.1) is 23.8 Å². The second-order valence-electron chi connectivity index (χ2n) is 7.02. The lowest BCUT2D eigenvalue weighted by molar-refractivity contribution is -0.124. The van der Waals surface area contributed by atoms with E-state index in [0.717, 1.165) is 0 Å². The predicted molar refractivity (Wildman–Crippen MR) is 91.8 cm³/mol. The number of furan rings is 1. The Morgan fingerprint density at radius 1 is 1.15 bits per heavy atom. The van der Waals surface area contributed by atoms with Crippen LogP contribution in [0.2, 0.25) is 0 Å². The molecule has 2 aliphatic heterocycles. The Labute approximate surface area is 150 Å². The van der Waals surface area contributed by atoms with Crippen LogP contribution in [-0.4, -0.2) is 42.5 Å². The zero-order chi connectivity index (χ0) is 18.3. The number of fused-ring (bicyclic) bond motifs is 1. The van der Waals surface area contributed by atoms with Crippen LogP contribution in [0.4, 0.5) is 4.39 Å². The molecule has 0 spiro atoms. The first kappa shape index (κ1) is 17.0. The molecule has 2 saturated heterocycles. The van der Waals surface area contributed by atoms with Crippen LogP contribution in [0.1, 0.15) is 29.6 Å². The van der Waals surface area contributed by atoms with Crippen molar-refractivity contribution in [3.05, 3.63) is 35.8 Å². The summed E-state index contributed by atoms with van der Waals surface area (Å²) in [5.41, 5.74) is 6.02. The number of ether oxygens (including phenoxy) is 1. The van der Waals surface area contributed by atoms with Crippen molar-refractivity contribution in [3.63, 3.8) is 0 Å². The second-order valence-corrected chi connectivity index (χ2v) is 7.02. The third kappa shape index (κ3) is 2.86. The Balaban J connectivity index is 1.48. The van der Waals surface area contributed by atoms with E-state index < -0.39 is 5.82 Å². The van der Waals surface area contributed by atoms with Crippen molar-refractivity contribution in [3.8, 4) is 0 Å². The molecule has 0 radical (unpaired) electrons. The molecule has 2 aliphatic rings. The monoisotopic (exact) mass is 360 g/mol. The van der Waals surface area contributed by atoms with Gasteiger partial charge >= 0.3 is 0 Å². The van der Waals surface area contributed by atoms with Crippen molar-refractivity contribution < 1.29 is 23.1 Å². The first-order valence-electron chi connectivity index (χ1n) is 8.92. The molecule has 4 rings (SSSR count). The molecule has 2 amide bonds. The smallest absolute Gasteiger partial charge is 0.257 e. The molecule has 2 N–H and O–H groups in total. The van der Waals surface area contributed by atoms with Crippen molar-refractivity contribution in [2.75, 3.05) is 19.7 Å². The molecule has 138 valence electrons. The zero-order valence-corrected chi connectivity index (χ0v) is 14.3. The van der Waals surface area contributed by atoms with E-state index in [1.54, 1.807) is 11.0 Å². The average molecular weight is 360 g/mol. The Morgan fingerprint density at radius 3 is 2.65 bits per heavy atom. The maximum Gasteiger partial charge on any atom is 0.257 e. The molecule has 2 atom stereocenters. The maximum absolute atomic E-state index is 14.3.